The van der Waals surface area contributed by atoms with Crippen LogP contribution in [0.15, 0.2) is 40.5 Å². The number of rotatable bonds is 10. The third kappa shape index (κ3) is 5.20. The van der Waals surface area contributed by atoms with Crippen molar-refractivity contribution in [3.8, 4) is 0 Å². The first kappa shape index (κ1) is 23.1. The number of carboxylic acid groups (broad SMARTS) is 2. The number of aromatic nitrogens is 3. The van der Waals surface area contributed by atoms with Gasteiger partial charge in [0.25, 0.3) is 11.5 Å². The number of carboxylic acids is 2. The summed E-state index contributed by atoms with van der Waals surface area (Å²) in [7, 11) is 0. The summed E-state index contributed by atoms with van der Waals surface area (Å²) in [6.07, 6.45) is 1.85. The number of fused-ring (bicyclic) bond motifs is 1. The second-order valence-electron chi connectivity index (χ2n) is 7.20. The molecule has 3 aromatic rings. The van der Waals surface area contributed by atoms with Crippen molar-refractivity contribution in [2.45, 2.75) is 31.7 Å². The second kappa shape index (κ2) is 9.72. The van der Waals surface area contributed by atoms with Crippen LogP contribution in [0.3, 0.4) is 0 Å². The molecule has 13 heteroatoms. The van der Waals surface area contributed by atoms with E-state index in [4.69, 9.17) is 15.9 Å². The number of hydrogen-bond acceptors (Lipinski definition) is 8. The van der Waals surface area contributed by atoms with Gasteiger partial charge in [-0.05, 0) is 42.5 Å². The summed E-state index contributed by atoms with van der Waals surface area (Å²) in [6, 6.07) is 5.07. The van der Waals surface area contributed by atoms with E-state index in [0.29, 0.717) is 18.4 Å². The zero-order chi connectivity index (χ0) is 24.1. The molecule has 1 atom stereocenters. The van der Waals surface area contributed by atoms with Crippen LogP contribution in [-0.4, -0.2) is 48.7 Å². The number of aliphatic carboxylic acids is 2. The number of nitrogen functional groups attached to an aromatic ring is 1. The second-order valence-corrected chi connectivity index (χ2v) is 7.20. The third-order valence-corrected chi connectivity index (χ3v) is 5.03. The van der Waals surface area contributed by atoms with Crippen LogP contribution in [0.1, 0.15) is 34.3 Å². The minimum Gasteiger partial charge on any atom is -0.481 e. The lowest BCUT2D eigenvalue weighted by Crippen LogP contribution is -2.41. The van der Waals surface area contributed by atoms with Crippen LogP contribution in [0.2, 0.25) is 0 Å². The highest BCUT2D eigenvalue weighted by atomic mass is 16.4. The average Bonchev–Trinajstić information content (AvgIpc) is 3.19. The number of nitrogens with zero attached hydrogens (tertiary/aromatic N) is 3. The molecule has 3 rings (SSSR count). The molecule has 6 N–H and O–H groups in total. The number of carbonyl (C=O) groups excluding carboxylic acids is 1. The molecule has 13 nitrogen and oxygen atoms in total. The molecule has 33 heavy (non-hydrogen) atoms. The summed E-state index contributed by atoms with van der Waals surface area (Å²) >= 11 is 0. The van der Waals surface area contributed by atoms with Crippen molar-refractivity contribution in [3.05, 3.63) is 62.4 Å². The molecule has 172 valence electrons. The quantitative estimate of drug-likeness (QED) is 0.271. The number of hydrogen-bond donors (Lipinski definition) is 5. The third-order valence-electron chi connectivity index (χ3n) is 5.03. The van der Waals surface area contributed by atoms with Gasteiger partial charge in [-0.2, -0.15) is 4.98 Å². The summed E-state index contributed by atoms with van der Waals surface area (Å²) in [4.78, 5) is 63.8. The van der Waals surface area contributed by atoms with E-state index >= 15 is 0 Å². The molecule has 2 heterocycles. The molecule has 2 aromatic heterocycles. The zero-order valence-electron chi connectivity index (χ0n) is 17.1. The van der Waals surface area contributed by atoms with E-state index in [1.54, 1.807) is 18.3 Å². The highest BCUT2D eigenvalue weighted by Gasteiger charge is 2.21. The molecule has 0 aliphatic heterocycles. The number of aryl methyl sites for hydroxylation is 2. The van der Waals surface area contributed by atoms with Crippen LogP contribution in [0.4, 0.5) is 5.95 Å². The number of aromatic amines is 1. The lowest BCUT2D eigenvalue weighted by molar-refractivity contribution is -0.140. The Labute approximate surface area is 185 Å². The molecule has 1 aromatic carbocycles. The molecule has 0 aliphatic carbocycles. The first-order chi connectivity index (χ1) is 15.7. The maximum absolute atomic E-state index is 12.3. The van der Waals surface area contributed by atoms with E-state index in [0.717, 1.165) is 10.2 Å². The lowest BCUT2D eigenvalue weighted by atomic mass is 10.0. The Bertz CT molecular complexity index is 1280. The predicted molar refractivity (Wildman–Crippen MR) is 116 cm³/mol. The van der Waals surface area contributed by atoms with Gasteiger partial charge >= 0.3 is 11.9 Å². The largest absolute Gasteiger partial charge is 0.481 e. The van der Waals surface area contributed by atoms with Crippen molar-refractivity contribution in [1.29, 1.82) is 0 Å². The standard InChI is InChI=1S/C20H20N6O7/c21-20-24-18(30)15-12(9-22-16(15)26(20)25-33)6-3-10-1-4-11(5-2-10)17(29)23-13(19(31)32)7-8-14(27)28/h1-2,4-5,9,13,22H,3,6-8H2,(H,23,29)(H,27,28)(H,31,32)(H2,21,24,30)/t13-/m0/s1. The molecule has 0 spiro atoms. The molecule has 0 radical (unpaired) electrons. The molecule has 0 saturated heterocycles. The van der Waals surface area contributed by atoms with Crippen molar-refractivity contribution in [3.63, 3.8) is 0 Å². The van der Waals surface area contributed by atoms with Gasteiger partial charge in [-0.1, -0.05) is 12.1 Å². The molecule has 0 aliphatic rings. The molecular formula is C20H20N6O7. The average molecular weight is 456 g/mol. The summed E-state index contributed by atoms with van der Waals surface area (Å²) in [5.41, 5.74) is 6.77. The Morgan fingerprint density at radius 1 is 1.18 bits per heavy atom. The summed E-state index contributed by atoms with van der Waals surface area (Å²) in [6.45, 7) is 0. The van der Waals surface area contributed by atoms with Gasteiger partial charge in [-0.3, -0.25) is 14.4 Å². The van der Waals surface area contributed by atoms with Crippen LogP contribution >= 0.6 is 0 Å². The Hall–Kier alpha value is -4.55. The monoisotopic (exact) mass is 456 g/mol. The number of nitrogens with two attached hydrogens (primary N) is 1. The fraction of sp³-hybridized carbons (Fsp3) is 0.250. The van der Waals surface area contributed by atoms with Gasteiger partial charge in [0, 0.05) is 18.2 Å². The van der Waals surface area contributed by atoms with E-state index < -0.39 is 29.4 Å². The van der Waals surface area contributed by atoms with E-state index in [1.165, 1.54) is 12.1 Å². The van der Waals surface area contributed by atoms with Crippen molar-refractivity contribution < 1.29 is 24.6 Å². The highest BCUT2D eigenvalue weighted by molar-refractivity contribution is 5.96. The van der Waals surface area contributed by atoms with Gasteiger partial charge in [0.1, 0.15) is 6.04 Å². The molecule has 0 unspecified atom stereocenters. The van der Waals surface area contributed by atoms with Crippen molar-refractivity contribution in [1.82, 2.24) is 20.0 Å². The summed E-state index contributed by atoms with van der Waals surface area (Å²) in [5, 5.41) is 23.1. The number of amides is 1. The van der Waals surface area contributed by atoms with Crippen LogP contribution in [-0.2, 0) is 22.4 Å². The van der Waals surface area contributed by atoms with Gasteiger partial charge in [0.05, 0.1) is 10.7 Å². The van der Waals surface area contributed by atoms with Gasteiger partial charge in [0.15, 0.2) is 5.65 Å². The van der Waals surface area contributed by atoms with Crippen LogP contribution in [0, 0.1) is 4.91 Å². The molecule has 1 amide bonds. The molecule has 0 saturated carbocycles. The Morgan fingerprint density at radius 3 is 2.48 bits per heavy atom. The van der Waals surface area contributed by atoms with E-state index in [-0.39, 0.29) is 35.4 Å². The fourth-order valence-corrected chi connectivity index (χ4v) is 3.33. The number of anilines is 1. The Morgan fingerprint density at radius 2 is 1.88 bits per heavy atom. The number of nitrogens with one attached hydrogen (secondary N) is 2. The van der Waals surface area contributed by atoms with Gasteiger partial charge < -0.3 is 26.2 Å². The molecule has 0 fully saturated rings. The first-order valence-corrected chi connectivity index (χ1v) is 9.77. The van der Waals surface area contributed by atoms with Gasteiger partial charge in [-0.15, -0.1) is 9.58 Å². The zero-order valence-corrected chi connectivity index (χ0v) is 17.1. The Kier molecular flexibility index (Phi) is 6.81. The Balaban J connectivity index is 1.68. The van der Waals surface area contributed by atoms with Crippen molar-refractivity contribution in [2.24, 2.45) is 5.29 Å². The summed E-state index contributed by atoms with van der Waals surface area (Å²) in [5.74, 6) is -3.44. The first-order valence-electron chi connectivity index (χ1n) is 9.77. The fourth-order valence-electron chi connectivity index (χ4n) is 3.33. The number of H-pyrrole nitrogens is 1. The minimum atomic E-state index is -1.32. The van der Waals surface area contributed by atoms with E-state index in [9.17, 15) is 24.1 Å². The topological polar surface area (TPSA) is 210 Å². The number of benzene rings is 1. The maximum Gasteiger partial charge on any atom is 0.326 e. The van der Waals surface area contributed by atoms with E-state index in [1.807, 2.05) is 0 Å². The minimum absolute atomic E-state index is 0.153. The SMILES string of the molecule is Nc1nc(=O)c2c(CCc3ccc(C(=O)N[C@@H](CCC(=O)O)C(=O)O)cc3)c[nH]c2n1N=O. The molecule has 0 bridgehead atoms. The number of carbonyl (C=O) groups is 3. The van der Waals surface area contributed by atoms with Crippen LogP contribution in [0.5, 0.6) is 0 Å². The summed E-state index contributed by atoms with van der Waals surface area (Å²) < 4.78 is 0.800. The van der Waals surface area contributed by atoms with Crippen molar-refractivity contribution >= 4 is 34.8 Å². The number of nitroso groups, excluding NO2 is 1. The predicted octanol–water partition coefficient (Wildman–Crippen LogP) is 0.669. The van der Waals surface area contributed by atoms with Crippen LogP contribution in [0.25, 0.3) is 11.0 Å². The maximum atomic E-state index is 12.3. The smallest absolute Gasteiger partial charge is 0.326 e. The van der Waals surface area contributed by atoms with E-state index in [2.05, 4.69) is 20.6 Å². The van der Waals surface area contributed by atoms with Gasteiger partial charge in [0.2, 0.25) is 5.95 Å². The molecular weight excluding hydrogens is 436 g/mol. The van der Waals surface area contributed by atoms with Gasteiger partial charge in [-0.25, -0.2) is 4.79 Å². The lowest BCUT2D eigenvalue weighted by Gasteiger charge is -2.13. The normalized spacial score (nSPS) is 11.8. The van der Waals surface area contributed by atoms with Crippen LogP contribution < -0.4 is 16.6 Å². The van der Waals surface area contributed by atoms with Crippen molar-refractivity contribution in [2.75, 3.05) is 5.73 Å². The highest BCUT2D eigenvalue weighted by Crippen LogP contribution is 2.18.